The van der Waals surface area contributed by atoms with Crippen molar-refractivity contribution in [1.82, 2.24) is 5.32 Å². The lowest BCUT2D eigenvalue weighted by molar-refractivity contribution is 0.380. The van der Waals surface area contributed by atoms with Crippen molar-refractivity contribution in [2.24, 2.45) is 0 Å². The van der Waals surface area contributed by atoms with Crippen LogP contribution in [0.15, 0.2) is 21.6 Å². The molecule has 100 valence electrons. The van der Waals surface area contributed by atoms with Gasteiger partial charge in [-0.05, 0) is 52.4 Å². The van der Waals surface area contributed by atoms with Crippen LogP contribution < -0.4 is 5.32 Å². The van der Waals surface area contributed by atoms with Gasteiger partial charge in [0.1, 0.15) is 11.3 Å². The maximum absolute atomic E-state index is 9.23. The second-order valence-electron chi connectivity index (χ2n) is 5.04. The first-order valence-electron chi connectivity index (χ1n) is 6.33. The largest absolute Gasteiger partial charge is 0.468 e. The summed E-state index contributed by atoms with van der Waals surface area (Å²) in [7, 11) is 0. The molecule has 18 heavy (non-hydrogen) atoms. The highest BCUT2D eigenvalue weighted by Crippen LogP contribution is 2.25. The van der Waals surface area contributed by atoms with Crippen LogP contribution >= 0.6 is 11.8 Å². The van der Waals surface area contributed by atoms with Crippen LogP contribution in [-0.4, -0.2) is 17.3 Å². The molecule has 0 radical (unpaired) electrons. The summed E-state index contributed by atoms with van der Waals surface area (Å²) < 4.78 is 5.25. The zero-order valence-corrected chi connectivity index (χ0v) is 12.4. The van der Waals surface area contributed by atoms with E-state index in [9.17, 15) is 5.26 Å². The van der Waals surface area contributed by atoms with E-state index in [0.717, 1.165) is 24.4 Å². The van der Waals surface area contributed by atoms with E-state index in [0.29, 0.717) is 6.04 Å². The van der Waals surface area contributed by atoms with Gasteiger partial charge < -0.3 is 4.42 Å². The summed E-state index contributed by atoms with van der Waals surface area (Å²) in [6, 6.07) is 4.70. The van der Waals surface area contributed by atoms with E-state index in [1.165, 1.54) is 4.90 Å². The molecule has 0 spiro atoms. The van der Waals surface area contributed by atoms with Crippen LogP contribution in [0.2, 0.25) is 0 Å². The van der Waals surface area contributed by atoms with Gasteiger partial charge in [-0.2, -0.15) is 5.26 Å². The van der Waals surface area contributed by atoms with Gasteiger partial charge in [-0.25, -0.2) is 0 Å². The second kappa shape index (κ2) is 6.86. The highest BCUT2D eigenvalue weighted by Gasteiger charge is 2.23. The summed E-state index contributed by atoms with van der Waals surface area (Å²) in [5.41, 5.74) is -0.417. The molecular formula is C14H22N2OS. The van der Waals surface area contributed by atoms with Crippen molar-refractivity contribution in [3.8, 4) is 6.07 Å². The predicted octanol–water partition coefficient (Wildman–Crippen LogP) is 3.74. The number of aryl methyl sites for hydroxylation is 1. The molecule has 1 rings (SSSR count). The van der Waals surface area contributed by atoms with Crippen molar-refractivity contribution < 1.29 is 4.42 Å². The number of thioether (sulfide) groups is 1. The van der Waals surface area contributed by atoms with Crippen molar-refractivity contribution >= 4 is 11.8 Å². The van der Waals surface area contributed by atoms with Crippen LogP contribution in [0.25, 0.3) is 0 Å². The summed E-state index contributed by atoms with van der Waals surface area (Å²) in [6.45, 7) is 8.08. The van der Waals surface area contributed by atoms with Crippen LogP contribution in [0, 0.1) is 18.3 Å². The lowest BCUT2D eigenvalue weighted by Gasteiger charge is -2.25. The first-order chi connectivity index (χ1) is 8.47. The molecule has 1 aromatic rings. The molecule has 0 bridgehead atoms. The van der Waals surface area contributed by atoms with Gasteiger partial charge in [0, 0.05) is 10.9 Å². The Labute approximate surface area is 114 Å². The first kappa shape index (κ1) is 15.1. The van der Waals surface area contributed by atoms with Crippen LogP contribution in [0.3, 0.4) is 0 Å². The quantitative estimate of drug-likeness (QED) is 0.603. The lowest BCUT2D eigenvalue weighted by atomic mass is 9.97. The van der Waals surface area contributed by atoms with Gasteiger partial charge in [0.25, 0.3) is 0 Å². The summed E-state index contributed by atoms with van der Waals surface area (Å²) in [5.74, 6) is 1.99. The van der Waals surface area contributed by atoms with Crippen LogP contribution in [0.4, 0.5) is 0 Å². The molecule has 0 aliphatic carbocycles. The summed E-state index contributed by atoms with van der Waals surface area (Å²) >= 11 is 1.79. The smallest absolute Gasteiger partial charge is 0.114 e. The van der Waals surface area contributed by atoms with E-state index in [2.05, 4.69) is 25.2 Å². The molecule has 1 atom stereocenters. The minimum absolute atomic E-state index is 0.332. The SMILES string of the molecule is Cc1occc1SCCCC(C)(C#N)NC(C)C. The number of nitriles is 1. The molecule has 0 amide bonds. The Morgan fingerprint density at radius 1 is 1.56 bits per heavy atom. The number of furan rings is 1. The van der Waals surface area contributed by atoms with E-state index in [4.69, 9.17) is 4.42 Å². The topological polar surface area (TPSA) is 49.0 Å². The average Bonchev–Trinajstić information content (AvgIpc) is 2.70. The van der Waals surface area contributed by atoms with Gasteiger partial charge >= 0.3 is 0 Å². The fraction of sp³-hybridized carbons (Fsp3) is 0.643. The Balaban J connectivity index is 2.32. The summed E-state index contributed by atoms with van der Waals surface area (Å²) in [5, 5.41) is 12.5. The number of rotatable bonds is 7. The molecule has 0 saturated carbocycles. The minimum atomic E-state index is -0.417. The molecule has 1 aromatic heterocycles. The van der Waals surface area contributed by atoms with Crippen LogP contribution in [0.1, 0.15) is 39.4 Å². The third-order valence-corrected chi connectivity index (χ3v) is 3.97. The molecule has 1 unspecified atom stereocenters. The fourth-order valence-corrected chi connectivity index (χ4v) is 2.84. The van der Waals surface area contributed by atoms with Gasteiger partial charge in [0.15, 0.2) is 0 Å². The Bertz CT molecular complexity index is 408. The Morgan fingerprint density at radius 2 is 2.28 bits per heavy atom. The highest BCUT2D eigenvalue weighted by molar-refractivity contribution is 7.99. The van der Waals surface area contributed by atoms with Gasteiger partial charge in [-0.15, -0.1) is 11.8 Å². The van der Waals surface area contributed by atoms with E-state index in [-0.39, 0.29) is 0 Å². The summed E-state index contributed by atoms with van der Waals surface area (Å²) in [6.07, 6.45) is 3.60. The maximum atomic E-state index is 9.23. The van der Waals surface area contributed by atoms with Crippen molar-refractivity contribution in [1.29, 1.82) is 5.26 Å². The molecule has 4 heteroatoms. The molecule has 0 aliphatic rings. The van der Waals surface area contributed by atoms with E-state index < -0.39 is 5.54 Å². The lowest BCUT2D eigenvalue weighted by Crippen LogP contribution is -2.44. The number of nitrogens with one attached hydrogen (secondary N) is 1. The van der Waals surface area contributed by atoms with Gasteiger partial charge in [0.2, 0.25) is 0 Å². The third-order valence-electron chi connectivity index (χ3n) is 2.74. The van der Waals surface area contributed by atoms with Crippen LogP contribution in [-0.2, 0) is 0 Å². The zero-order chi connectivity index (χ0) is 13.6. The Hall–Kier alpha value is -0.920. The van der Waals surface area contributed by atoms with Gasteiger partial charge in [0.05, 0.1) is 12.3 Å². The predicted molar refractivity (Wildman–Crippen MR) is 75.7 cm³/mol. The second-order valence-corrected chi connectivity index (χ2v) is 6.17. The van der Waals surface area contributed by atoms with E-state index >= 15 is 0 Å². The van der Waals surface area contributed by atoms with Gasteiger partial charge in [-0.3, -0.25) is 5.32 Å². The third kappa shape index (κ3) is 4.75. The average molecular weight is 266 g/mol. The fourth-order valence-electron chi connectivity index (χ4n) is 1.93. The molecule has 1 N–H and O–H groups in total. The van der Waals surface area contributed by atoms with Crippen molar-refractivity contribution in [3.05, 3.63) is 18.1 Å². The molecule has 0 fully saturated rings. The van der Waals surface area contributed by atoms with Crippen molar-refractivity contribution in [3.63, 3.8) is 0 Å². The Morgan fingerprint density at radius 3 is 2.78 bits per heavy atom. The van der Waals surface area contributed by atoms with Crippen molar-refractivity contribution in [2.45, 2.75) is 57.0 Å². The summed E-state index contributed by atoms with van der Waals surface area (Å²) in [4.78, 5) is 1.20. The zero-order valence-electron chi connectivity index (χ0n) is 11.6. The molecule has 1 heterocycles. The van der Waals surface area contributed by atoms with E-state index in [1.54, 1.807) is 18.0 Å². The van der Waals surface area contributed by atoms with Crippen molar-refractivity contribution in [2.75, 3.05) is 5.75 Å². The molecule has 0 saturated heterocycles. The van der Waals surface area contributed by atoms with E-state index in [1.807, 2.05) is 19.9 Å². The van der Waals surface area contributed by atoms with Gasteiger partial charge in [-0.1, -0.05) is 0 Å². The number of hydrogen-bond acceptors (Lipinski definition) is 4. The minimum Gasteiger partial charge on any atom is -0.468 e. The standard InChI is InChI=1S/C14H22N2OS/c1-11(2)16-14(4,10-15)7-5-9-18-13-6-8-17-12(13)3/h6,8,11,16H,5,7,9H2,1-4H3. The molecular weight excluding hydrogens is 244 g/mol. The monoisotopic (exact) mass is 266 g/mol. The number of hydrogen-bond donors (Lipinski definition) is 1. The highest BCUT2D eigenvalue weighted by atomic mass is 32.2. The maximum Gasteiger partial charge on any atom is 0.114 e. The first-order valence-corrected chi connectivity index (χ1v) is 7.31. The molecule has 0 aromatic carbocycles. The van der Waals surface area contributed by atoms with Crippen LogP contribution in [0.5, 0.6) is 0 Å². The molecule has 3 nitrogen and oxygen atoms in total. The Kier molecular flexibility index (Phi) is 5.77. The number of nitrogens with zero attached hydrogens (tertiary/aromatic N) is 1. The molecule has 0 aliphatic heterocycles. The normalized spacial score (nSPS) is 14.4.